The van der Waals surface area contributed by atoms with E-state index in [2.05, 4.69) is 15.3 Å². The molecule has 0 spiro atoms. The summed E-state index contributed by atoms with van der Waals surface area (Å²) in [5, 5.41) is 6.05. The van der Waals surface area contributed by atoms with Crippen LogP contribution in [0.15, 0.2) is 56.7 Å². The van der Waals surface area contributed by atoms with Crippen LogP contribution in [0.25, 0.3) is 0 Å². The first-order valence-corrected chi connectivity index (χ1v) is 14.3. The van der Waals surface area contributed by atoms with Crippen LogP contribution < -0.4 is 5.32 Å². The third-order valence-electron chi connectivity index (χ3n) is 7.06. The lowest BCUT2D eigenvalue weighted by atomic mass is 9.78. The molecule has 9 nitrogen and oxygen atoms in total. The van der Waals surface area contributed by atoms with Crippen molar-refractivity contribution in [3.8, 4) is 0 Å². The van der Waals surface area contributed by atoms with Crippen LogP contribution in [0.1, 0.15) is 66.7 Å². The number of oxazole rings is 1. The minimum atomic E-state index is -0.800. The van der Waals surface area contributed by atoms with E-state index in [1.165, 1.54) is 36.8 Å². The molecule has 210 valence electrons. The molecule has 1 saturated carbocycles. The monoisotopic (exact) mass is 586 g/mol. The van der Waals surface area contributed by atoms with Crippen LogP contribution in [0.4, 0.5) is 4.39 Å². The van der Waals surface area contributed by atoms with Crippen LogP contribution in [-0.2, 0) is 25.5 Å². The van der Waals surface area contributed by atoms with Crippen molar-refractivity contribution in [2.75, 3.05) is 13.7 Å². The van der Waals surface area contributed by atoms with Crippen LogP contribution in [0.5, 0.6) is 0 Å². The average Bonchev–Trinajstić information content (AvgIpc) is 3.65. The topological polar surface area (TPSA) is 116 Å². The number of nitrogens with zero attached hydrogens (tertiary/aromatic N) is 3. The summed E-state index contributed by atoms with van der Waals surface area (Å²) >= 11 is 7.87. The maximum Gasteiger partial charge on any atom is 0.338 e. The molecule has 12 heteroatoms. The number of rotatable bonds is 8. The number of halogens is 2. The molecule has 1 N–H and O–H groups in total. The van der Waals surface area contributed by atoms with Crippen LogP contribution in [0.3, 0.4) is 0 Å². The van der Waals surface area contributed by atoms with Gasteiger partial charge >= 0.3 is 11.9 Å². The lowest BCUT2D eigenvalue weighted by Crippen LogP contribution is -2.37. The molecule has 0 radical (unpaired) electrons. The molecule has 1 atom stereocenters. The van der Waals surface area contributed by atoms with E-state index < -0.39 is 17.8 Å². The molecule has 0 amide bonds. The third-order valence-corrected chi connectivity index (χ3v) is 8.16. The predicted octanol–water partition coefficient (Wildman–Crippen LogP) is 5.52. The number of aromatic nitrogens is 2. The smallest absolute Gasteiger partial charge is 0.338 e. The fourth-order valence-electron chi connectivity index (χ4n) is 5.20. The Bertz CT molecular complexity index is 1450. The number of carbonyl (C=O) groups excluding carboxylic acids is 2. The van der Waals surface area contributed by atoms with Crippen LogP contribution in [0.2, 0.25) is 5.02 Å². The van der Waals surface area contributed by atoms with E-state index in [-0.39, 0.29) is 29.2 Å². The summed E-state index contributed by atoms with van der Waals surface area (Å²) in [5.41, 5.74) is 2.08. The van der Waals surface area contributed by atoms with E-state index in [1.54, 1.807) is 19.2 Å². The van der Waals surface area contributed by atoms with Gasteiger partial charge in [-0.15, -0.1) is 11.3 Å². The van der Waals surface area contributed by atoms with Crippen LogP contribution in [0, 0.1) is 11.7 Å². The summed E-state index contributed by atoms with van der Waals surface area (Å²) in [6.45, 7) is 2.07. The molecule has 2 aliphatic rings. The van der Waals surface area contributed by atoms with E-state index in [0.29, 0.717) is 45.9 Å². The number of ether oxygens (including phenoxy) is 2. The fourth-order valence-corrected chi connectivity index (χ4v) is 6.06. The second kappa shape index (κ2) is 12.3. The molecule has 0 saturated heterocycles. The molecule has 0 bridgehead atoms. The summed E-state index contributed by atoms with van der Waals surface area (Å²) in [6.07, 6.45) is 6.24. The first kappa shape index (κ1) is 28.0. The normalized spacial score (nSPS) is 21.0. The van der Waals surface area contributed by atoms with Gasteiger partial charge in [0.1, 0.15) is 18.1 Å². The lowest BCUT2D eigenvalue weighted by Gasteiger charge is -2.34. The van der Waals surface area contributed by atoms with E-state index in [4.69, 9.17) is 30.5 Å². The molecule has 1 unspecified atom stereocenters. The van der Waals surface area contributed by atoms with Crippen molar-refractivity contribution in [3.63, 3.8) is 0 Å². The average molecular weight is 587 g/mol. The minimum absolute atomic E-state index is 0.0218. The van der Waals surface area contributed by atoms with Crippen molar-refractivity contribution in [1.82, 2.24) is 15.3 Å². The van der Waals surface area contributed by atoms with E-state index in [9.17, 15) is 14.0 Å². The Balaban J connectivity index is 1.43. The lowest BCUT2D eigenvalue weighted by molar-refractivity contribution is -0.142. The van der Waals surface area contributed by atoms with Gasteiger partial charge in [0.15, 0.2) is 16.7 Å². The fraction of sp³-hybridized carbons (Fsp3) is 0.393. The van der Waals surface area contributed by atoms with Crippen molar-refractivity contribution in [2.24, 2.45) is 10.9 Å². The van der Waals surface area contributed by atoms with Gasteiger partial charge in [-0.1, -0.05) is 17.7 Å². The molecule has 40 heavy (non-hydrogen) atoms. The van der Waals surface area contributed by atoms with Crippen LogP contribution in [-0.4, -0.2) is 41.5 Å². The third kappa shape index (κ3) is 5.95. The largest absolute Gasteiger partial charge is 0.466 e. The zero-order valence-corrected chi connectivity index (χ0v) is 23.6. The first-order chi connectivity index (χ1) is 19.4. The van der Waals surface area contributed by atoms with Crippen LogP contribution >= 0.6 is 22.9 Å². The van der Waals surface area contributed by atoms with Gasteiger partial charge < -0.3 is 19.2 Å². The highest BCUT2D eigenvalue weighted by Gasteiger charge is 2.38. The maximum absolute atomic E-state index is 13.9. The SMILES string of the molecule is CCOC(=O)Cc1coc([C@H]2CC[C@H](C3=C(C(=O)OC)C(c4ccc(F)cc4Cl)N=C(c4nccs4)N3)CC2)n1. The number of benzene rings is 1. The van der Waals surface area contributed by atoms with Gasteiger partial charge in [-0.25, -0.2) is 19.2 Å². The van der Waals surface area contributed by atoms with E-state index in [0.717, 1.165) is 25.7 Å². The Labute approximate surface area is 239 Å². The van der Waals surface area contributed by atoms with Gasteiger partial charge in [0.25, 0.3) is 0 Å². The highest BCUT2D eigenvalue weighted by atomic mass is 35.5. The quantitative estimate of drug-likeness (QED) is 0.343. The first-order valence-electron chi connectivity index (χ1n) is 13.0. The zero-order chi connectivity index (χ0) is 28.2. The zero-order valence-electron chi connectivity index (χ0n) is 22.0. The molecular weight excluding hydrogens is 559 g/mol. The minimum Gasteiger partial charge on any atom is -0.466 e. The number of esters is 2. The van der Waals surface area contributed by atoms with Crippen molar-refractivity contribution < 1.29 is 27.9 Å². The Morgan fingerprint density at radius 1 is 1.23 bits per heavy atom. The number of thiazole rings is 1. The number of nitrogens with one attached hydrogen (secondary N) is 1. The van der Waals surface area contributed by atoms with Crippen molar-refractivity contribution in [2.45, 2.75) is 51.0 Å². The molecule has 1 aliphatic heterocycles. The van der Waals surface area contributed by atoms with Gasteiger partial charge in [-0.2, -0.15) is 0 Å². The number of aliphatic imine (C=N–C) groups is 1. The summed E-state index contributed by atoms with van der Waals surface area (Å²) in [6, 6.07) is 3.26. The predicted molar refractivity (Wildman–Crippen MR) is 147 cm³/mol. The van der Waals surface area contributed by atoms with Gasteiger partial charge in [-0.05, 0) is 50.7 Å². The Kier molecular flexibility index (Phi) is 8.60. The van der Waals surface area contributed by atoms with E-state index in [1.807, 2.05) is 5.38 Å². The second-order valence-corrected chi connectivity index (χ2v) is 10.8. The molecule has 3 aromatic rings. The van der Waals surface area contributed by atoms with Crippen molar-refractivity contribution in [1.29, 1.82) is 0 Å². The maximum atomic E-state index is 13.9. The molecule has 2 aromatic heterocycles. The molecule has 5 rings (SSSR count). The van der Waals surface area contributed by atoms with Crippen molar-refractivity contribution in [3.05, 3.63) is 80.3 Å². The number of methoxy groups -OCH3 is 1. The number of allylic oxidation sites excluding steroid dienone is 1. The summed E-state index contributed by atoms with van der Waals surface area (Å²) in [5.74, 6) is -0.192. The van der Waals surface area contributed by atoms with Gasteiger partial charge in [0.2, 0.25) is 0 Å². The number of hydrogen-bond donors (Lipinski definition) is 1. The Hall–Kier alpha value is -3.57. The molecule has 1 fully saturated rings. The Morgan fingerprint density at radius 2 is 2.00 bits per heavy atom. The highest BCUT2D eigenvalue weighted by Crippen LogP contribution is 2.43. The summed E-state index contributed by atoms with van der Waals surface area (Å²) < 4.78 is 29.8. The number of carbonyl (C=O) groups is 2. The molecule has 3 heterocycles. The number of amidine groups is 1. The summed E-state index contributed by atoms with van der Waals surface area (Å²) in [7, 11) is 1.32. The van der Waals surface area contributed by atoms with Gasteiger partial charge in [0.05, 0.1) is 31.4 Å². The van der Waals surface area contributed by atoms with Gasteiger partial charge in [-0.3, -0.25) is 9.79 Å². The highest BCUT2D eigenvalue weighted by molar-refractivity contribution is 7.11. The summed E-state index contributed by atoms with van der Waals surface area (Å²) in [4.78, 5) is 38.8. The Morgan fingerprint density at radius 3 is 2.67 bits per heavy atom. The molecule has 1 aromatic carbocycles. The van der Waals surface area contributed by atoms with Crippen molar-refractivity contribution >= 4 is 40.7 Å². The second-order valence-electron chi connectivity index (χ2n) is 9.53. The molecular formula is C28H28ClFN4O5S. The molecule has 1 aliphatic carbocycles. The number of hydrogen-bond acceptors (Lipinski definition) is 10. The standard InChI is InChI=1S/C28H28ClFN4O5S/c1-3-38-21(35)13-18-14-39-26(32-18)16-6-4-15(5-7-16)23-22(28(36)37-2)24(19-9-8-17(30)12-20(19)29)34-25(33-23)27-31-10-11-40-27/h8-12,14-16,24H,3-7,13H2,1-2H3,(H,33,34)/t15-,16-,24?. The van der Waals surface area contributed by atoms with E-state index >= 15 is 0 Å². The van der Waals surface area contributed by atoms with Gasteiger partial charge in [0, 0.05) is 33.8 Å².